The second-order valence-electron chi connectivity index (χ2n) is 6.70. The molecule has 2 heterocycles. The summed E-state index contributed by atoms with van der Waals surface area (Å²) in [5, 5.41) is 7.02. The molecule has 31 heavy (non-hydrogen) atoms. The van der Waals surface area contributed by atoms with Crippen molar-refractivity contribution < 1.29 is 19.1 Å². The molecular formula is C22H20N4O4S. The molecule has 0 saturated carbocycles. The summed E-state index contributed by atoms with van der Waals surface area (Å²) in [6.07, 6.45) is 1.66. The molecule has 0 spiro atoms. The van der Waals surface area contributed by atoms with Crippen LogP contribution in [0.15, 0.2) is 65.7 Å². The van der Waals surface area contributed by atoms with Crippen LogP contribution < -0.4 is 10.2 Å². The van der Waals surface area contributed by atoms with E-state index in [4.69, 9.17) is 4.74 Å². The lowest BCUT2D eigenvalue weighted by Crippen LogP contribution is -2.41. The molecule has 8 nitrogen and oxygen atoms in total. The number of aromatic nitrogens is 2. The SMILES string of the molecule is CCOC(=O)c1ccn(-c2ccc(NC(=O)CN3C(=O)CSc4ccccc43)cc2)n1. The van der Waals surface area contributed by atoms with Crippen molar-refractivity contribution in [2.24, 2.45) is 0 Å². The number of hydrogen-bond donors (Lipinski definition) is 1. The third-order valence-electron chi connectivity index (χ3n) is 4.60. The molecular weight excluding hydrogens is 416 g/mol. The molecule has 0 bridgehead atoms. The average Bonchev–Trinajstić information content (AvgIpc) is 3.27. The van der Waals surface area contributed by atoms with Crippen molar-refractivity contribution in [2.75, 3.05) is 29.1 Å². The maximum absolute atomic E-state index is 12.6. The molecule has 158 valence electrons. The molecule has 1 aliphatic rings. The third kappa shape index (κ3) is 4.61. The van der Waals surface area contributed by atoms with Crippen LogP contribution in [0.4, 0.5) is 11.4 Å². The summed E-state index contributed by atoms with van der Waals surface area (Å²) in [4.78, 5) is 39.1. The number of hydrogen-bond acceptors (Lipinski definition) is 6. The highest BCUT2D eigenvalue weighted by Gasteiger charge is 2.26. The van der Waals surface area contributed by atoms with Crippen molar-refractivity contribution in [1.82, 2.24) is 9.78 Å². The zero-order chi connectivity index (χ0) is 21.8. The Kier molecular flexibility index (Phi) is 6.03. The predicted molar refractivity (Wildman–Crippen MR) is 118 cm³/mol. The number of carbonyl (C=O) groups excluding carboxylic acids is 3. The van der Waals surface area contributed by atoms with E-state index in [1.807, 2.05) is 24.3 Å². The number of amides is 2. The molecule has 4 rings (SSSR count). The first-order valence-electron chi connectivity index (χ1n) is 9.70. The van der Waals surface area contributed by atoms with E-state index >= 15 is 0 Å². The summed E-state index contributed by atoms with van der Waals surface area (Å²) in [7, 11) is 0. The minimum absolute atomic E-state index is 0.0553. The Bertz CT molecular complexity index is 1130. The van der Waals surface area contributed by atoms with Crippen LogP contribution >= 0.6 is 11.8 Å². The fourth-order valence-electron chi connectivity index (χ4n) is 3.15. The number of rotatable bonds is 6. The van der Waals surface area contributed by atoms with Gasteiger partial charge in [-0.2, -0.15) is 5.10 Å². The van der Waals surface area contributed by atoms with Crippen molar-refractivity contribution in [3.63, 3.8) is 0 Å². The smallest absolute Gasteiger partial charge is 0.358 e. The van der Waals surface area contributed by atoms with Crippen LogP contribution in [0.3, 0.4) is 0 Å². The van der Waals surface area contributed by atoms with Crippen LogP contribution in [0, 0.1) is 0 Å². The lowest BCUT2D eigenvalue weighted by Gasteiger charge is -2.28. The molecule has 0 aliphatic carbocycles. The highest BCUT2D eigenvalue weighted by atomic mass is 32.2. The highest BCUT2D eigenvalue weighted by Crippen LogP contribution is 2.34. The molecule has 1 aliphatic heterocycles. The van der Waals surface area contributed by atoms with E-state index in [0.29, 0.717) is 11.4 Å². The predicted octanol–water partition coefficient (Wildman–Crippen LogP) is 3.13. The Morgan fingerprint density at radius 2 is 1.90 bits per heavy atom. The van der Waals surface area contributed by atoms with Gasteiger partial charge < -0.3 is 15.0 Å². The molecule has 9 heteroatoms. The summed E-state index contributed by atoms with van der Waals surface area (Å²) in [6, 6.07) is 16.2. The molecule has 2 amide bonds. The van der Waals surface area contributed by atoms with Gasteiger partial charge in [0.05, 0.1) is 23.7 Å². The monoisotopic (exact) mass is 436 g/mol. The average molecular weight is 436 g/mol. The Morgan fingerprint density at radius 3 is 2.68 bits per heavy atom. The van der Waals surface area contributed by atoms with E-state index in [0.717, 1.165) is 16.3 Å². The Labute approximate surface area is 183 Å². The molecule has 0 fully saturated rings. The Morgan fingerprint density at radius 1 is 1.13 bits per heavy atom. The zero-order valence-corrected chi connectivity index (χ0v) is 17.6. The number of para-hydroxylation sites is 1. The molecule has 1 aromatic heterocycles. The van der Waals surface area contributed by atoms with Gasteiger partial charge in [0.2, 0.25) is 11.8 Å². The molecule has 0 unspecified atom stereocenters. The fourth-order valence-corrected chi connectivity index (χ4v) is 4.09. The van der Waals surface area contributed by atoms with Crippen LogP contribution in [-0.2, 0) is 14.3 Å². The minimum atomic E-state index is -0.475. The van der Waals surface area contributed by atoms with E-state index in [1.54, 1.807) is 48.1 Å². The fraction of sp³-hybridized carbons (Fsp3) is 0.182. The quantitative estimate of drug-likeness (QED) is 0.597. The summed E-state index contributed by atoms with van der Waals surface area (Å²) < 4.78 is 6.49. The van der Waals surface area contributed by atoms with Gasteiger partial charge in [-0.25, -0.2) is 9.48 Å². The number of benzene rings is 2. The summed E-state index contributed by atoms with van der Waals surface area (Å²) >= 11 is 1.48. The highest BCUT2D eigenvalue weighted by molar-refractivity contribution is 8.00. The van der Waals surface area contributed by atoms with E-state index < -0.39 is 5.97 Å². The van der Waals surface area contributed by atoms with Gasteiger partial charge in [0, 0.05) is 16.8 Å². The van der Waals surface area contributed by atoms with Crippen molar-refractivity contribution in [3.8, 4) is 5.69 Å². The van der Waals surface area contributed by atoms with Gasteiger partial charge in [-0.05, 0) is 49.4 Å². The number of nitrogens with one attached hydrogen (secondary N) is 1. The normalized spacial score (nSPS) is 12.9. The Hall–Kier alpha value is -3.59. The molecule has 3 aromatic rings. The molecule has 0 saturated heterocycles. The lowest BCUT2D eigenvalue weighted by molar-refractivity contribution is -0.120. The van der Waals surface area contributed by atoms with Gasteiger partial charge in [-0.15, -0.1) is 11.8 Å². The lowest BCUT2D eigenvalue weighted by atomic mass is 10.2. The van der Waals surface area contributed by atoms with Crippen LogP contribution in [0.25, 0.3) is 5.69 Å². The van der Waals surface area contributed by atoms with Crippen molar-refractivity contribution in [1.29, 1.82) is 0 Å². The number of fused-ring (bicyclic) bond motifs is 1. The number of esters is 1. The van der Waals surface area contributed by atoms with Gasteiger partial charge in [0.15, 0.2) is 5.69 Å². The van der Waals surface area contributed by atoms with Gasteiger partial charge in [0.25, 0.3) is 0 Å². The van der Waals surface area contributed by atoms with Crippen LogP contribution in [0.1, 0.15) is 17.4 Å². The summed E-state index contributed by atoms with van der Waals surface area (Å²) in [5.41, 5.74) is 2.30. The van der Waals surface area contributed by atoms with Gasteiger partial charge in [-0.3, -0.25) is 9.59 Å². The van der Waals surface area contributed by atoms with Crippen molar-refractivity contribution in [2.45, 2.75) is 11.8 Å². The molecule has 1 N–H and O–H groups in total. The number of nitrogens with zero attached hydrogens (tertiary/aromatic N) is 3. The van der Waals surface area contributed by atoms with Crippen LogP contribution in [-0.4, -0.2) is 46.5 Å². The number of ether oxygens (including phenoxy) is 1. The van der Waals surface area contributed by atoms with Gasteiger partial charge in [-0.1, -0.05) is 12.1 Å². The third-order valence-corrected chi connectivity index (χ3v) is 5.65. The maximum atomic E-state index is 12.6. The zero-order valence-electron chi connectivity index (χ0n) is 16.8. The number of anilines is 2. The Balaban J connectivity index is 1.41. The topological polar surface area (TPSA) is 93.5 Å². The molecule has 0 radical (unpaired) electrons. The molecule has 2 aromatic carbocycles. The first-order chi connectivity index (χ1) is 15.0. The first-order valence-corrected chi connectivity index (χ1v) is 10.7. The summed E-state index contributed by atoms with van der Waals surface area (Å²) in [5.74, 6) is -0.537. The van der Waals surface area contributed by atoms with E-state index in [-0.39, 0.29) is 30.7 Å². The minimum Gasteiger partial charge on any atom is -0.461 e. The number of carbonyl (C=O) groups is 3. The van der Waals surface area contributed by atoms with Crippen molar-refractivity contribution >= 4 is 40.9 Å². The van der Waals surface area contributed by atoms with E-state index in [2.05, 4.69) is 10.4 Å². The van der Waals surface area contributed by atoms with Gasteiger partial charge >= 0.3 is 5.97 Å². The van der Waals surface area contributed by atoms with Crippen LogP contribution in [0.5, 0.6) is 0 Å². The number of thioether (sulfide) groups is 1. The van der Waals surface area contributed by atoms with Gasteiger partial charge in [0.1, 0.15) is 6.54 Å². The second kappa shape index (κ2) is 9.05. The van der Waals surface area contributed by atoms with Crippen LogP contribution in [0.2, 0.25) is 0 Å². The van der Waals surface area contributed by atoms with E-state index in [9.17, 15) is 14.4 Å². The van der Waals surface area contributed by atoms with E-state index in [1.165, 1.54) is 16.7 Å². The summed E-state index contributed by atoms with van der Waals surface area (Å²) in [6.45, 7) is 1.97. The largest absolute Gasteiger partial charge is 0.461 e. The first kappa shape index (κ1) is 20.7. The molecule has 0 atom stereocenters. The maximum Gasteiger partial charge on any atom is 0.358 e. The van der Waals surface area contributed by atoms with Crippen molar-refractivity contribution in [3.05, 3.63) is 66.5 Å². The second-order valence-corrected chi connectivity index (χ2v) is 7.71. The standard InChI is InChI=1S/C22H20N4O4S/c1-2-30-22(29)17-11-12-26(24-17)16-9-7-15(8-10-16)23-20(27)13-25-18-5-3-4-6-19(18)31-14-21(25)28/h3-12H,2,13-14H2,1H3,(H,23,27).